The van der Waals surface area contributed by atoms with Crippen LogP contribution in [-0.2, 0) is 0 Å². The van der Waals surface area contributed by atoms with Crippen LogP contribution in [0.3, 0.4) is 0 Å². The molecule has 0 saturated heterocycles. The number of hydrogen-bond donors (Lipinski definition) is 1. The van der Waals surface area contributed by atoms with Crippen molar-refractivity contribution in [2.45, 2.75) is 13.3 Å². The number of hydrazine groups is 1. The van der Waals surface area contributed by atoms with Crippen LogP contribution in [-0.4, -0.2) is 25.1 Å². The predicted molar refractivity (Wildman–Crippen MR) is 36.5 cm³/mol. The van der Waals surface area contributed by atoms with Gasteiger partial charge in [0.2, 0.25) is 0 Å². The van der Waals surface area contributed by atoms with Gasteiger partial charge in [0, 0.05) is 19.5 Å². The fourth-order valence-corrected chi connectivity index (χ4v) is 0.613. The number of nitriles is 1. The monoisotopic (exact) mass is 127 g/mol. The van der Waals surface area contributed by atoms with E-state index in [-0.39, 0.29) is 0 Å². The summed E-state index contributed by atoms with van der Waals surface area (Å²) in [6.07, 6.45) is 0.592. The van der Waals surface area contributed by atoms with Gasteiger partial charge < -0.3 is 0 Å². The van der Waals surface area contributed by atoms with Gasteiger partial charge >= 0.3 is 0 Å². The Balaban J connectivity index is 3.22. The Morgan fingerprint density at radius 3 is 2.67 bits per heavy atom. The Labute approximate surface area is 56.2 Å². The van der Waals surface area contributed by atoms with Gasteiger partial charge in [0.05, 0.1) is 6.07 Å². The second-order valence-electron chi connectivity index (χ2n) is 1.71. The minimum absolute atomic E-state index is 0.592. The van der Waals surface area contributed by atoms with Gasteiger partial charge in [0.25, 0.3) is 0 Å². The molecule has 0 rings (SSSR count). The van der Waals surface area contributed by atoms with E-state index in [4.69, 9.17) is 5.26 Å². The van der Waals surface area contributed by atoms with E-state index < -0.39 is 0 Å². The van der Waals surface area contributed by atoms with Gasteiger partial charge in [-0.1, -0.05) is 6.92 Å². The Morgan fingerprint density at radius 2 is 2.33 bits per heavy atom. The van der Waals surface area contributed by atoms with Crippen LogP contribution < -0.4 is 5.43 Å². The van der Waals surface area contributed by atoms with Crippen LogP contribution in [0.4, 0.5) is 0 Å². The summed E-state index contributed by atoms with van der Waals surface area (Å²) in [4.78, 5) is 0. The predicted octanol–water partition coefficient (Wildman–Crippen LogP) is 0.356. The van der Waals surface area contributed by atoms with Gasteiger partial charge in [-0.15, -0.1) is 0 Å². The third kappa shape index (κ3) is 3.95. The first-order valence-electron chi connectivity index (χ1n) is 3.14. The third-order valence-electron chi connectivity index (χ3n) is 1.19. The van der Waals surface area contributed by atoms with E-state index >= 15 is 0 Å². The summed E-state index contributed by atoms with van der Waals surface area (Å²) < 4.78 is 0. The minimum atomic E-state index is 0.592. The van der Waals surface area contributed by atoms with Gasteiger partial charge in [0.15, 0.2) is 0 Å². The first-order valence-corrected chi connectivity index (χ1v) is 3.14. The van der Waals surface area contributed by atoms with Gasteiger partial charge in [-0.3, -0.25) is 5.43 Å². The smallest absolute Gasteiger partial charge is 0.0635 e. The maximum absolute atomic E-state index is 8.20. The second kappa shape index (κ2) is 5.54. The molecule has 0 aliphatic heterocycles. The summed E-state index contributed by atoms with van der Waals surface area (Å²) in [7, 11) is 1.86. The highest BCUT2D eigenvalue weighted by atomic mass is 15.5. The molecule has 0 aromatic rings. The average molecular weight is 127 g/mol. The maximum atomic E-state index is 8.20. The molecule has 0 aliphatic carbocycles. The van der Waals surface area contributed by atoms with Crippen LogP contribution in [0.25, 0.3) is 0 Å². The van der Waals surface area contributed by atoms with Gasteiger partial charge in [-0.25, -0.2) is 5.01 Å². The van der Waals surface area contributed by atoms with E-state index in [9.17, 15) is 0 Å². The van der Waals surface area contributed by atoms with Gasteiger partial charge in [-0.2, -0.15) is 5.26 Å². The summed E-state index contributed by atoms with van der Waals surface area (Å²) >= 11 is 0. The van der Waals surface area contributed by atoms with Crippen molar-refractivity contribution in [2.75, 3.05) is 20.1 Å². The molecule has 0 unspecified atom stereocenters. The number of nitrogens with zero attached hydrogens (tertiary/aromatic N) is 2. The van der Waals surface area contributed by atoms with Crippen LogP contribution in [0.5, 0.6) is 0 Å². The molecule has 1 N–H and O–H groups in total. The molecular weight excluding hydrogens is 114 g/mol. The number of rotatable bonds is 4. The summed E-state index contributed by atoms with van der Waals surface area (Å²) in [5.41, 5.74) is 2.97. The number of hydrogen-bond acceptors (Lipinski definition) is 3. The highest BCUT2D eigenvalue weighted by Gasteiger charge is 1.94. The molecule has 0 amide bonds. The molecule has 0 atom stereocenters. The molecule has 3 heteroatoms. The summed E-state index contributed by atoms with van der Waals surface area (Å²) in [6.45, 7) is 3.80. The van der Waals surface area contributed by atoms with Crippen molar-refractivity contribution in [3.63, 3.8) is 0 Å². The van der Waals surface area contributed by atoms with Gasteiger partial charge in [0.1, 0.15) is 0 Å². The first-order chi connectivity index (χ1) is 4.35. The number of nitrogens with one attached hydrogen (secondary N) is 1. The highest BCUT2D eigenvalue weighted by Crippen LogP contribution is 1.82. The van der Waals surface area contributed by atoms with E-state index in [1.54, 1.807) is 0 Å². The van der Waals surface area contributed by atoms with Crippen LogP contribution in [0, 0.1) is 11.3 Å². The van der Waals surface area contributed by atoms with E-state index in [0.29, 0.717) is 6.42 Å². The Morgan fingerprint density at radius 1 is 1.67 bits per heavy atom. The fraction of sp³-hybridized carbons (Fsp3) is 0.833. The molecule has 0 spiro atoms. The van der Waals surface area contributed by atoms with Crippen molar-refractivity contribution in [2.24, 2.45) is 0 Å². The highest BCUT2D eigenvalue weighted by molar-refractivity contribution is 4.70. The van der Waals surface area contributed by atoms with Crippen molar-refractivity contribution in [3.8, 4) is 6.07 Å². The van der Waals surface area contributed by atoms with E-state index in [2.05, 4.69) is 11.5 Å². The quantitative estimate of drug-likeness (QED) is 0.554. The zero-order valence-corrected chi connectivity index (χ0v) is 6.02. The molecule has 0 radical (unpaired) electrons. The van der Waals surface area contributed by atoms with E-state index in [1.807, 2.05) is 19.0 Å². The standard InChI is InChI=1S/C6H13N3/c1-3-9(8-2)6-4-5-7/h8H,3-4,6H2,1-2H3. The molecule has 0 aromatic carbocycles. The molecule has 0 saturated carbocycles. The lowest BCUT2D eigenvalue weighted by atomic mass is 10.4. The van der Waals surface area contributed by atoms with Crippen molar-refractivity contribution < 1.29 is 0 Å². The molecule has 0 fully saturated rings. The Hall–Kier alpha value is -0.590. The molecule has 0 heterocycles. The lowest BCUT2D eigenvalue weighted by Gasteiger charge is -2.16. The summed E-state index contributed by atoms with van der Waals surface area (Å²) in [6, 6.07) is 2.09. The largest absolute Gasteiger partial charge is 0.258 e. The second-order valence-corrected chi connectivity index (χ2v) is 1.71. The topological polar surface area (TPSA) is 39.1 Å². The van der Waals surface area contributed by atoms with Gasteiger partial charge in [-0.05, 0) is 7.05 Å². The molecule has 52 valence electrons. The third-order valence-corrected chi connectivity index (χ3v) is 1.19. The van der Waals surface area contributed by atoms with Crippen molar-refractivity contribution in [1.29, 1.82) is 5.26 Å². The Bertz CT molecular complexity index is 91.0. The van der Waals surface area contributed by atoms with Crippen LogP contribution in [0.2, 0.25) is 0 Å². The van der Waals surface area contributed by atoms with Crippen LogP contribution in [0.1, 0.15) is 13.3 Å². The van der Waals surface area contributed by atoms with Crippen LogP contribution >= 0.6 is 0 Å². The average Bonchev–Trinajstić information content (AvgIpc) is 1.91. The molecule has 0 aliphatic rings. The minimum Gasteiger partial charge on any atom is -0.258 e. The Kier molecular flexibility index (Phi) is 5.18. The molecule has 9 heavy (non-hydrogen) atoms. The van der Waals surface area contributed by atoms with Crippen molar-refractivity contribution >= 4 is 0 Å². The zero-order chi connectivity index (χ0) is 7.11. The first kappa shape index (κ1) is 8.41. The SMILES string of the molecule is CCN(CCC#N)NC. The summed E-state index contributed by atoms with van der Waals surface area (Å²) in [5.74, 6) is 0. The van der Waals surface area contributed by atoms with Crippen molar-refractivity contribution in [3.05, 3.63) is 0 Å². The normalized spacial score (nSPS) is 9.56. The maximum Gasteiger partial charge on any atom is 0.0635 e. The zero-order valence-electron chi connectivity index (χ0n) is 6.02. The van der Waals surface area contributed by atoms with E-state index in [0.717, 1.165) is 13.1 Å². The lowest BCUT2D eigenvalue weighted by molar-refractivity contribution is 0.225. The lowest BCUT2D eigenvalue weighted by Crippen LogP contribution is -2.35. The summed E-state index contributed by atoms with van der Waals surface area (Å²) in [5, 5.41) is 10.2. The molecular formula is C6H13N3. The molecule has 0 aromatic heterocycles. The fourth-order valence-electron chi connectivity index (χ4n) is 0.613. The van der Waals surface area contributed by atoms with Crippen LogP contribution in [0.15, 0.2) is 0 Å². The van der Waals surface area contributed by atoms with E-state index in [1.165, 1.54) is 0 Å². The van der Waals surface area contributed by atoms with Crippen molar-refractivity contribution in [1.82, 2.24) is 10.4 Å². The molecule has 3 nitrogen and oxygen atoms in total. The molecule has 0 bridgehead atoms.